The highest BCUT2D eigenvalue weighted by molar-refractivity contribution is 5.89. The molecule has 1 unspecified atom stereocenters. The van der Waals surface area contributed by atoms with Crippen LogP contribution in [0, 0.1) is 0 Å². The molecule has 2 aromatic carbocycles. The van der Waals surface area contributed by atoms with E-state index < -0.39 is 12.6 Å². The van der Waals surface area contributed by atoms with Crippen molar-refractivity contribution < 1.29 is 27.8 Å². The van der Waals surface area contributed by atoms with Gasteiger partial charge in [0, 0.05) is 12.1 Å². The summed E-state index contributed by atoms with van der Waals surface area (Å²) in [5.74, 6) is -1.02. The molecule has 0 radical (unpaired) electrons. The third-order valence-electron chi connectivity index (χ3n) is 3.98. The van der Waals surface area contributed by atoms with Crippen LogP contribution in [0.1, 0.15) is 24.5 Å². The van der Waals surface area contributed by atoms with E-state index in [0.29, 0.717) is 5.56 Å². The molecule has 154 valence electrons. The fraction of sp³-hybridized carbons (Fsp3) is 0.273. The Balaban J connectivity index is 1.68. The molecule has 1 N–H and O–H groups in total. The van der Waals surface area contributed by atoms with Gasteiger partial charge in [0.2, 0.25) is 0 Å². The Morgan fingerprint density at radius 1 is 1.07 bits per heavy atom. The minimum Gasteiger partial charge on any atom is -0.452 e. The monoisotopic (exact) mass is 403 g/mol. The maximum Gasteiger partial charge on any atom is 0.387 e. The van der Waals surface area contributed by atoms with Gasteiger partial charge in [-0.25, -0.2) is 4.79 Å². The van der Waals surface area contributed by atoms with E-state index in [2.05, 4.69) is 10.1 Å². The van der Waals surface area contributed by atoms with Gasteiger partial charge in [-0.05, 0) is 49.1 Å². The van der Waals surface area contributed by atoms with Crippen LogP contribution < -0.4 is 10.1 Å². The van der Waals surface area contributed by atoms with E-state index in [4.69, 9.17) is 4.74 Å². The Bertz CT molecular complexity index is 807. The molecule has 2 aromatic rings. The molecule has 0 aliphatic heterocycles. The summed E-state index contributed by atoms with van der Waals surface area (Å²) in [7, 11) is 0. The topological polar surface area (TPSA) is 64.6 Å². The molecular weight excluding hydrogens is 380 g/mol. The van der Waals surface area contributed by atoms with Crippen LogP contribution in [0.15, 0.2) is 60.7 Å². The van der Waals surface area contributed by atoms with Crippen LogP contribution in [-0.4, -0.2) is 31.1 Å². The molecule has 0 aliphatic carbocycles. The highest BCUT2D eigenvalue weighted by Crippen LogP contribution is 2.15. The summed E-state index contributed by atoms with van der Waals surface area (Å²) in [6, 6.07) is 15.7. The molecule has 0 spiro atoms. The van der Waals surface area contributed by atoms with Crippen LogP contribution >= 0.6 is 0 Å². The first-order chi connectivity index (χ1) is 13.9. The van der Waals surface area contributed by atoms with Crippen molar-refractivity contribution in [2.45, 2.75) is 32.4 Å². The molecule has 29 heavy (non-hydrogen) atoms. The summed E-state index contributed by atoms with van der Waals surface area (Å²) in [4.78, 5) is 23.6. The Morgan fingerprint density at radius 2 is 1.76 bits per heavy atom. The molecule has 5 nitrogen and oxygen atoms in total. The van der Waals surface area contributed by atoms with Gasteiger partial charge in [0.15, 0.2) is 6.61 Å². The number of benzene rings is 2. The molecule has 0 aromatic heterocycles. The number of nitrogens with one attached hydrogen (secondary N) is 1. The minimum absolute atomic E-state index is 0.0257. The van der Waals surface area contributed by atoms with Crippen LogP contribution in [-0.2, 0) is 20.7 Å². The predicted molar refractivity (Wildman–Crippen MR) is 105 cm³/mol. The number of ether oxygens (including phenoxy) is 2. The number of hydrogen-bond donors (Lipinski definition) is 1. The molecule has 2 rings (SSSR count). The molecular formula is C22H23F2NO4. The van der Waals surface area contributed by atoms with Crippen molar-refractivity contribution in [3.63, 3.8) is 0 Å². The van der Waals surface area contributed by atoms with Gasteiger partial charge in [0.1, 0.15) is 5.75 Å². The quantitative estimate of drug-likeness (QED) is 0.481. The van der Waals surface area contributed by atoms with E-state index >= 15 is 0 Å². The largest absolute Gasteiger partial charge is 0.452 e. The average Bonchev–Trinajstić information content (AvgIpc) is 2.70. The normalized spacial score (nSPS) is 12.0. The van der Waals surface area contributed by atoms with Crippen molar-refractivity contribution in [1.82, 2.24) is 5.32 Å². The van der Waals surface area contributed by atoms with Gasteiger partial charge in [0.25, 0.3) is 5.91 Å². The zero-order valence-electron chi connectivity index (χ0n) is 16.0. The standard InChI is InChI=1S/C22H23F2NO4/c1-16(7-8-17-5-3-2-4-6-17)25-20(26)15-28-21(27)14-11-18-9-12-19(13-10-18)29-22(23)24/h2-6,9-14,16,22H,7-8,15H2,1H3,(H,25,26). The van der Waals surface area contributed by atoms with E-state index in [1.165, 1.54) is 35.9 Å². The summed E-state index contributed by atoms with van der Waals surface area (Å²) >= 11 is 0. The fourth-order valence-corrected chi connectivity index (χ4v) is 2.53. The number of carbonyl (C=O) groups excluding carboxylic acids is 2. The number of carbonyl (C=O) groups is 2. The highest BCUT2D eigenvalue weighted by Gasteiger charge is 2.09. The lowest BCUT2D eigenvalue weighted by molar-refractivity contribution is -0.144. The third kappa shape index (κ3) is 9.01. The van der Waals surface area contributed by atoms with Gasteiger partial charge >= 0.3 is 12.6 Å². The molecule has 0 saturated carbocycles. The number of esters is 1. The zero-order chi connectivity index (χ0) is 21.1. The van der Waals surface area contributed by atoms with Crippen molar-refractivity contribution in [2.24, 2.45) is 0 Å². The van der Waals surface area contributed by atoms with Gasteiger partial charge < -0.3 is 14.8 Å². The van der Waals surface area contributed by atoms with E-state index in [1.54, 1.807) is 0 Å². The predicted octanol–water partition coefficient (Wildman–Crippen LogP) is 3.98. The lowest BCUT2D eigenvalue weighted by Crippen LogP contribution is -2.36. The minimum atomic E-state index is -2.89. The van der Waals surface area contributed by atoms with Crippen LogP contribution in [0.25, 0.3) is 6.08 Å². The van der Waals surface area contributed by atoms with Gasteiger partial charge in [-0.1, -0.05) is 42.5 Å². The Morgan fingerprint density at radius 3 is 2.41 bits per heavy atom. The van der Waals surface area contributed by atoms with E-state index in [0.717, 1.165) is 18.9 Å². The summed E-state index contributed by atoms with van der Waals surface area (Å²) < 4.78 is 33.3. The van der Waals surface area contributed by atoms with Gasteiger partial charge in [-0.2, -0.15) is 8.78 Å². The second kappa shape index (κ2) is 11.6. The second-order valence-corrected chi connectivity index (χ2v) is 6.38. The lowest BCUT2D eigenvalue weighted by Gasteiger charge is -2.13. The van der Waals surface area contributed by atoms with E-state index in [-0.39, 0.29) is 24.3 Å². The SMILES string of the molecule is CC(CCc1ccccc1)NC(=O)COC(=O)C=Cc1ccc(OC(F)F)cc1. The first kappa shape index (κ1) is 22.1. The molecule has 7 heteroatoms. The van der Waals surface area contributed by atoms with Gasteiger partial charge in [-0.3, -0.25) is 4.79 Å². The number of halogens is 2. The molecule has 0 fully saturated rings. The molecule has 1 atom stereocenters. The molecule has 0 bridgehead atoms. The average molecular weight is 403 g/mol. The number of alkyl halides is 2. The number of hydrogen-bond acceptors (Lipinski definition) is 4. The first-order valence-corrected chi connectivity index (χ1v) is 9.15. The third-order valence-corrected chi connectivity index (χ3v) is 3.98. The maximum atomic E-state index is 12.1. The van der Waals surface area contributed by atoms with Crippen LogP contribution in [0.5, 0.6) is 5.75 Å². The lowest BCUT2D eigenvalue weighted by atomic mass is 10.1. The molecule has 0 saturated heterocycles. The van der Waals surface area contributed by atoms with Crippen molar-refractivity contribution >= 4 is 18.0 Å². The molecule has 1 amide bonds. The van der Waals surface area contributed by atoms with Crippen molar-refractivity contribution in [3.05, 3.63) is 71.8 Å². The number of aryl methyl sites for hydroxylation is 1. The van der Waals surface area contributed by atoms with Gasteiger partial charge in [-0.15, -0.1) is 0 Å². The van der Waals surface area contributed by atoms with E-state index in [9.17, 15) is 18.4 Å². The van der Waals surface area contributed by atoms with E-state index in [1.807, 2.05) is 37.3 Å². The first-order valence-electron chi connectivity index (χ1n) is 9.15. The second-order valence-electron chi connectivity index (χ2n) is 6.38. The summed E-state index contributed by atoms with van der Waals surface area (Å²) in [5.41, 5.74) is 1.79. The van der Waals surface area contributed by atoms with Crippen LogP contribution in [0.2, 0.25) is 0 Å². The van der Waals surface area contributed by atoms with Gasteiger partial charge in [0.05, 0.1) is 0 Å². The summed E-state index contributed by atoms with van der Waals surface area (Å²) in [6.07, 6.45) is 4.23. The maximum absolute atomic E-state index is 12.1. The summed E-state index contributed by atoms with van der Waals surface area (Å²) in [5, 5.41) is 2.79. The summed E-state index contributed by atoms with van der Waals surface area (Å²) in [6.45, 7) is -1.37. The van der Waals surface area contributed by atoms with Crippen LogP contribution in [0.3, 0.4) is 0 Å². The Hall–Kier alpha value is -3.22. The van der Waals surface area contributed by atoms with Crippen molar-refractivity contribution in [3.8, 4) is 5.75 Å². The van der Waals surface area contributed by atoms with Crippen molar-refractivity contribution in [1.29, 1.82) is 0 Å². The number of amides is 1. The van der Waals surface area contributed by atoms with Crippen molar-refractivity contribution in [2.75, 3.05) is 6.61 Å². The molecule has 0 aliphatic rings. The highest BCUT2D eigenvalue weighted by atomic mass is 19.3. The smallest absolute Gasteiger partial charge is 0.387 e. The fourth-order valence-electron chi connectivity index (χ4n) is 2.53. The zero-order valence-corrected chi connectivity index (χ0v) is 16.0. The Labute approximate surface area is 168 Å². The Kier molecular flexibility index (Phi) is 8.82. The van der Waals surface area contributed by atoms with Crippen LogP contribution in [0.4, 0.5) is 8.78 Å². The number of rotatable bonds is 10. The molecule has 0 heterocycles.